The lowest BCUT2D eigenvalue weighted by atomic mass is 10.00. The third-order valence-corrected chi connectivity index (χ3v) is 5.80. The summed E-state index contributed by atoms with van der Waals surface area (Å²) in [6.07, 6.45) is 1.84. The highest BCUT2D eigenvalue weighted by Crippen LogP contribution is 2.31. The van der Waals surface area contributed by atoms with Crippen molar-refractivity contribution in [2.75, 3.05) is 13.1 Å². The molecule has 1 saturated heterocycles. The number of ether oxygens (including phenoxy) is 1. The van der Waals surface area contributed by atoms with Crippen molar-refractivity contribution in [3.05, 3.63) is 100 Å². The van der Waals surface area contributed by atoms with Crippen molar-refractivity contribution in [2.24, 2.45) is 0 Å². The maximum Gasteiger partial charge on any atom is 0.354 e. The smallest absolute Gasteiger partial charge is 0.354 e. The molecule has 1 aliphatic heterocycles. The number of rotatable bonds is 7. The van der Waals surface area contributed by atoms with Crippen molar-refractivity contribution < 1.29 is 14.6 Å². The molecule has 3 aromatic rings. The molecule has 2 aromatic carbocycles. The van der Waals surface area contributed by atoms with Crippen molar-refractivity contribution in [3.8, 4) is 0 Å². The highest BCUT2D eigenvalue weighted by atomic mass is 35.5. The fourth-order valence-corrected chi connectivity index (χ4v) is 4.05. The number of carboxylic acid groups (broad SMARTS) is 1. The number of carboxylic acids is 1. The van der Waals surface area contributed by atoms with Crippen LogP contribution in [0.25, 0.3) is 0 Å². The Labute approximate surface area is 187 Å². The fraction of sp³-hybridized carbons (Fsp3) is 0.280. The lowest BCUT2D eigenvalue weighted by Crippen LogP contribution is -2.37. The van der Waals surface area contributed by atoms with Gasteiger partial charge in [-0.2, -0.15) is 0 Å². The Hall–Kier alpha value is -2.73. The average Bonchev–Trinajstić information content (AvgIpc) is 2.80. The standard InChI is InChI=1S/C25H25ClN2O3/c26-20-11-9-19(10-12-20)24(18-5-2-1-3-6-18)31-22-13-15-28(16-14-22)17-21-7-4-8-23(27-21)25(29)30/h1-12,22,24H,13-17H2,(H,29,30). The number of aromatic carboxylic acids is 1. The van der Waals surface area contributed by atoms with E-state index in [0.29, 0.717) is 11.6 Å². The van der Waals surface area contributed by atoms with Gasteiger partial charge in [-0.3, -0.25) is 4.90 Å². The largest absolute Gasteiger partial charge is 0.477 e. The summed E-state index contributed by atoms with van der Waals surface area (Å²) >= 11 is 6.08. The molecule has 0 radical (unpaired) electrons. The fourth-order valence-electron chi connectivity index (χ4n) is 3.93. The number of carbonyl (C=O) groups is 1. The Bertz CT molecular complexity index is 1000. The number of hydrogen-bond donors (Lipinski definition) is 1. The number of halogens is 1. The van der Waals surface area contributed by atoms with Crippen molar-refractivity contribution in [2.45, 2.75) is 31.6 Å². The monoisotopic (exact) mass is 436 g/mol. The summed E-state index contributed by atoms with van der Waals surface area (Å²) in [4.78, 5) is 17.7. The van der Waals surface area contributed by atoms with E-state index in [-0.39, 0.29) is 17.9 Å². The Morgan fingerprint density at radius 1 is 1.00 bits per heavy atom. The molecule has 6 heteroatoms. The van der Waals surface area contributed by atoms with Crippen molar-refractivity contribution in [3.63, 3.8) is 0 Å². The van der Waals surface area contributed by atoms with Crippen LogP contribution in [0.2, 0.25) is 5.02 Å². The van der Waals surface area contributed by atoms with Crippen LogP contribution < -0.4 is 0 Å². The van der Waals surface area contributed by atoms with Gasteiger partial charge in [0, 0.05) is 24.7 Å². The van der Waals surface area contributed by atoms with Crippen LogP contribution in [0.5, 0.6) is 0 Å². The summed E-state index contributed by atoms with van der Waals surface area (Å²) in [6, 6.07) is 23.2. The number of piperidine rings is 1. The van der Waals surface area contributed by atoms with E-state index < -0.39 is 5.97 Å². The van der Waals surface area contributed by atoms with Gasteiger partial charge in [-0.15, -0.1) is 0 Å². The maximum atomic E-state index is 11.1. The van der Waals surface area contributed by atoms with Crippen LogP contribution in [-0.4, -0.2) is 40.2 Å². The molecule has 31 heavy (non-hydrogen) atoms. The van der Waals surface area contributed by atoms with Crippen LogP contribution in [-0.2, 0) is 11.3 Å². The molecule has 1 aromatic heterocycles. The van der Waals surface area contributed by atoms with Crippen LogP contribution >= 0.6 is 11.6 Å². The predicted molar refractivity (Wildman–Crippen MR) is 120 cm³/mol. The minimum absolute atomic E-state index is 0.0874. The molecule has 1 aliphatic rings. The molecular weight excluding hydrogens is 412 g/mol. The highest BCUT2D eigenvalue weighted by molar-refractivity contribution is 6.30. The average molecular weight is 437 g/mol. The molecular formula is C25H25ClN2O3. The van der Waals surface area contributed by atoms with Gasteiger partial charge in [0.2, 0.25) is 0 Å². The van der Waals surface area contributed by atoms with Gasteiger partial charge < -0.3 is 9.84 Å². The maximum absolute atomic E-state index is 11.1. The van der Waals surface area contributed by atoms with Gasteiger partial charge in [-0.05, 0) is 48.2 Å². The van der Waals surface area contributed by atoms with Gasteiger partial charge in [-0.1, -0.05) is 60.1 Å². The molecule has 1 fully saturated rings. The Kier molecular flexibility index (Phi) is 6.97. The quantitative estimate of drug-likeness (QED) is 0.551. The normalized spacial score (nSPS) is 16.2. The van der Waals surface area contributed by atoms with Gasteiger partial charge in [0.15, 0.2) is 0 Å². The molecule has 0 spiro atoms. The van der Waals surface area contributed by atoms with Crippen molar-refractivity contribution in [1.82, 2.24) is 9.88 Å². The summed E-state index contributed by atoms with van der Waals surface area (Å²) in [7, 11) is 0. The van der Waals surface area contributed by atoms with E-state index in [4.69, 9.17) is 21.4 Å². The summed E-state index contributed by atoms with van der Waals surface area (Å²) in [6.45, 7) is 2.41. The van der Waals surface area contributed by atoms with E-state index in [9.17, 15) is 4.79 Å². The topological polar surface area (TPSA) is 62.7 Å². The van der Waals surface area contributed by atoms with Crippen LogP contribution in [0.1, 0.15) is 46.3 Å². The molecule has 160 valence electrons. The second-order valence-electron chi connectivity index (χ2n) is 7.77. The van der Waals surface area contributed by atoms with Crippen LogP contribution in [0.15, 0.2) is 72.8 Å². The van der Waals surface area contributed by atoms with Gasteiger partial charge in [0.05, 0.1) is 11.8 Å². The van der Waals surface area contributed by atoms with Gasteiger partial charge in [-0.25, -0.2) is 9.78 Å². The zero-order chi connectivity index (χ0) is 21.6. The summed E-state index contributed by atoms with van der Waals surface area (Å²) in [5.74, 6) is -0.997. The second kappa shape index (κ2) is 10.1. The molecule has 0 bridgehead atoms. The van der Waals surface area contributed by atoms with Crippen LogP contribution in [0.4, 0.5) is 0 Å². The SMILES string of the molecule is O=C(O)c1cccc(CN2CCC(OC(c3ccccc3)c3ccc(Cl)cc3)CC2)n1. The summed E-state index contributed by atoms with van der Waals surface area (Å²) in [5.41, 5.74) is 3.08. The molecule has 5 nitrogen and oxygen atoms in total. The first-order valence-corrected chi connectivity index (χ1v) is 10.8. The molecule has 2 heterocycles. The molecule has 1 unspecified atom stereocenters. The Morgan fingerprint density at radius 2 is 1.68 bits per heavy atom. The number of likely N-dealkylation sites (tertiary alicyclic amines) is 1. The van der Waals surface area contributed by atoms with Crippen molar-refractivity contribution >= 4 is 17.6 Å². The van der Waals surface area contributed by atoms with Gasteiger partial charge >= 0.3 is 5.97 Å². The van der Waals surface area contributed by atoms with E-state index in [1.807, 2.05) is 48.5 Å². The molecule has 0 amide bonds. The zero-order valence-electron chi connectivity index (χ0n) is 17.2. The molecule has 1 atom stereocenters. The van der Waals surface area contributed by atoms with Gasteiger partial charge in [0.25, 0.3) is 0 Å². The van der Waals surface area contributed by atoms with E-state index in [1.54, 1.807) is 6.07 Å². The number of nitrogens with zero attached hydrogens (tertiary/aromatic N) is 2. The minimum atomic E-state index is -0.997. The Morgan fingerprint density at radius 3 is 2.35 bits per heavy atom. The molecule has 0 saturated carbocycles. The first-order chi connectivity index (χ1) is 15.1. The third-order valence-electron chi connectivity index (χ3n) is 5.55. The Balaban J connectivity index is 1.39. The minimum Gasteiger partial charge on any atom is -0.477 e. The van der Waals surface area contributed by atoms with Crippen LogP contribution in [0, 0.1) is 0 Å². The lowest BCUT2D eigenvalue weighted by Gasteiger charge is -2.34. The summed E-state index contributed by atoms with van der Waals surface area (Å²) < 4.78 is 6.59. The lowest BCUT2D eigenvalue weighted by molar-refractivity contribution is -0.0283. The number of hydrogen-bond acceptors (Lipinski definition) is 4. The molecule has 1 N–H and O–H groups in total. The number of benzene rings is 2. The van der Waals surface area contributed by atoms with Crippen molar-refractivity contribution in [1.29, 1.82) is 0 Å². The first kappa shape index (κ1) is 21.5. The van der Waals surface area contributed by atoms with E-state index in [1.165, 1.54) is 6.07 Å². The molecule has 4 rings (SSSR count). The van der Waals surface area contributed by atoms with E-state index >= 15 is 0 Å². The summed E-state index contributed by atoms with van der Waals surface area (Å²) in [5, 5.41) is 9.85. The van der Waals surface area contributed by atoms with Gasteiger partial charge in [0.1, 0.15) is 11.8 Å². The number of aromatic nitrogens is 1. The third kappa shape index (κ3) is 5.70. The zero-order valence-corrected chi connectivity index (χ0v) is 17.9. The molecule has 0 aliphatic carbocycles. The second-order valence-corrected chi connectivity index (χ2v) is 8.21. The first-order valence-electron chi connectivity index (χ1n) is 10.5. The highest BCUT2D eigenvalue weighted by Gasteiger charge is 2.25. The van der Waals surface area contributed by atoms with E-state index in [2.05, 4.69) is 22.0 Å². The predicted octanol–water partition coefficient (Wildman–Crippen LogP) is 5.20. The van der Waals surface area contributed by atoms with E-state index in [0.717, 1.165) is 42.8 Å². The number of pyridine rings is 1. The van der Waals surface area contributed by atoms with Crippen LogP contribution in [0.3, 0.4) is 0 Å².